The van der Waals surface area contributed by atoms with Gasteiger partial charge in [0.25, 0.3) is 0 Å². The molecule has 1 N–H and O–H groups in total. The van der Waals surface area contributed by atoms with Gasteiger partial charge in [-0.25, -0.2) is 0 Å². The van der Waals surface area contributed by atoms with Gasteiger partial charge in [0.05, 0.1) is 6.61 Å². The van der Waals surface area contributed by atoms with Crippen LogP contribution in [0.25, 0.3) is 0 Å². The lowest BCUT2D eigenvalue weighted by Gasteiger charge is -2.28. The van der Waals surface area contributed by atoms with Gasteiger partial charge in [-0.3, -0.25) is 0 Å². The maximum absolute atomic E-state index is 5.12. The fraction of sp³-hybridized carbons (Fsp3) is 1.00. The van der Waals surface area contributed by atoms with E-state index in [1.165, 1.54) is 25.7 Å². The van der Waals surface area contributed by atoms with Crippen molar-refractivity contribution in [3.05, 3.63) is 0 Å². The fourth-order valence-corrected chi connectivity index (χ4v) is 2.54. The predicted octanol–water partition coefficient (Wildman–Crippen LogP) is 2.12. The number of nitrogens with one attached hydrogen (secondary N) is 1. The largest absolute Gasteiger partial charge is 0.383 e. The van der Waals surface area contributed by atoms with Gasteiger partial charge in [-0.1, -0.05) is 13.8 Å². The summed E-state index contributed by atoms with van der Waals surface area (Å²) >= 11 is 0. The number of methoxy groups -OCH3 is 1. The third-order valence-corrected chi connectivity index (χ3v) is 3.94. The molecule has 1 aliphatic carbocycles. The number of hydrogen-bond donors (Lipinski definition) is 1. The molecular weight excluding hydrogens is 212 g/mol. The van der Waals surface area contributed by atoms with Crippen molar-refractivity contribution in [1.82, 2.24) is 10.2 Å². The summed E-state index contributed by atoms with van der Waals surface area (Å²) in [5.74, 6) is 0.946. The summed E-state index contributed by atoms with van der Waals surface area (Å²) in [5, 5.41) is 3.70. The zero-order chi connectivity index (χ0) is 12.5. The fourth-order valence-electron chi connectivity index (χ4n) is 2.54. The highest BCUT2D eigenvalue weighted by atomic mass is 16.5. The molecule has 0 bridgehead atoms. The molecule has 0 aromatic carbocycles. The molecule has 3 nitrogen and oxygen atoms in total. The van der Waals surface area contributed by atoms with E-state index in [1.807, 2.05) is 0 Å². The quantitative estimate of drug-likeness (QED) is 0.705. The Labute approximate surface area is 107 Å². The van der Waals surface area contributed by atoms with E-state index in [2.05, 4.69) is 24.1 Å². The van der Waals surface area contributed by atoms with Crippen LogP contribution in [0.15, 0.2) is 0 Å². The maximum Gasteiger partial charge on any atom is 0.0589 e. The zero-order valence-corrected chi connectivity index (χ0v) is 11.9. The molecule has 0 amide bonds. The number of nitrogens with zero attached hydrogens (tertiary/aromatic N) is 1. The van der Waals surface area contributed by atoms with Crippen LogP contribution in [-0.4, -0.2) is 50.8 Å². The van der Waals surface area contributed by atoms with Crippen LogP contribution in [0.4, 0.5) is 0 Å². The lowest BCUT2D eigenvalue weighted by atomic mass is 9.87. The average molecular weight is 242 g/mol. The van der Waals surface area contributed by atoms with Crippen molar-refractivity contribution in [2.45, 2.75) is 45.6 Å². The van der Waals surface area contributed by atoms with Crippen molar-refractivity contribution in [2.75, 3.05) is 39.9 Å². The van der Waals surface area contributed by atoms with Gasteiger partial charge < -0.3 is 15.0 Å². The van der Waals surface area contributed by atoms with Gasteiger partial charge in [0.2, 0.25) is 0 Å². The SMILES string of the molecule is CCN(CCNC1CCC(C)CC1)CCOC. The van der Waals surface area contributed by atoms with Gasteiger partial charge in [0, 0.05) is 32.8 Å². The van der Waals surface area contributed by atoms with E-state index >= 15 is 0 Å². The Morgan fingerprint density at radius 3 is 2.47 bits per heavy atom. The molecule has 0 radical (unpaired) electrons. The minimum Gasteiger partial charge on any atom is -0.383 e. The summed E-state index contributed by atoms with van der Waals surface area (Å²) in [5.41, 5.74) is 0. The topological polar surface area (TPSA) is 24.5 Å². The highest BCUT2D eigenvalue weighted by Crippen LogP contribution is 2.23. The molecule has 0 atom stereocenters. The molecule has 0 saturated heterocycles. The molecule has 1 rings (SSSR count). The molecule has 1 aliphatic rings. The van der Waals surface area contributed by atoms with Crippen molar-refractivity contribution < 1.29 is 4.74 Å². The number of likely N-dealkylation sites (N-methyl/N-ethyl adjacent to an activating group) is 1. The van der Waals surface area contributed by atoms with Crippen LogP contribution >= 0.6 is 0 Å². The van der Waals surface area contributed by atoms with Gasteiger partial charge >= 0.3 is 0 Å². The summed E-state index contributed by atoms with van der Waals surface area (Å²) < 4.78 is 5.12. The van der Waals surface area contributed by atoms with Gasteiger partial charge in [-0.2, -0.15) is 0 Å². The first-order chi connectivity index (χ1) is 8.26. The van der Waals surface area contributed by atoms with Crippen molar-refractivity contribution in [1.29, 1.82) is 0 Å². The molecule has 0 aliphatic heterocycles. The standard InChI is InChI=1S/C14H30N2O/c1-4-16(11-12-17-3)10-9-15-14-7-5-13(2)6-8-14/h13-15H,4-12H2,1-3H3. The minimum absolute atomic E-state index is 0.771. The van der Waals surface area contributed by atoms with E-state index in [-0.39, 0.29) is 0 Å². The lowest BCUT2D eigenvalue weighted by molar-refractivity contribution is 0.150. The summed E-state index contributed by atoms with van der Waals surface area (Å²) in [7, 11) is 1.77. The first-order valence-electron chi connectivity index (χ1n) is 7.21. The molecule has 0 aromatic rings. The van der Waals surface area contributed by atoms with E-state index in [1.54, 1.807) is 7.11 Å². The Morgan fingerprint density at radius 1 is 1.18 bits per heavy atom. The first-order valence-corrected chi connectivity index (χ1v) is 7.21. The van der Waals surface area contributed by atoms with Crippen LogP contribution in [-0.2, 0) is 4.74 Å². The third kappa shape index (κ3) is 6.39. The number of rotatable bonds is 8. The molecule has 17 heavy (non-hydrogen) atoms. The van der Waals surface area contributed by atoms with E-state index in [0.29, 0.717) is 0 Å². The Morgan fingerprint density at radius 2 is 1.88 bits per heavy atom. The summed E-state index contributed by atoms with van der Waals surface area (Å²) in [6, 6.07) is 0.771. The summed E-state index contributed by atoms with van der Waals surface area (Å²) in [6.07, 6.45) is 5.54. The smallest absolute Gasteiger partial charge is 0.0589 e. The molecule has 0 unspecified atom stereocenters. The van der Waals surface area contributed by atoms with Gasteiger partial charge in [-0.15, -0.1) is 0 Å². The van der Waals surface area contributed by atoms with Crippen LogP contribution in [0.5, 0.6) is 0 Å². The second-order valence-electron chi connectivity index (χ2n) is 5.34. The molecular formula is C14H30N2O. The van der Waals surface area contributed by atoms with Crippen molar-refractivity contribution in [3.63, 3.8) is 0 Å². The monoisotopic (exact) mass is 242 g/mol. The van der Waals surface area contributed by atoms with Crippen molar-refractivity contribution in [3.8, 4) is 0 Å². The highest BCUT2D eigenvalue weighted by molar-refractivity contribution is 4.75. The number of ether oxygens (including phenoxy) is 1. The summed E-state index contributed by atoms with van der Waals surface area (Å²) in [4.78, 5) is 2.45. The Balaban J connectivity index is 2.05. The van der Waals surface area contributed by atoms with Crippen molar-refractivity contribution >= 4 is 0 Å². The minimum atomic E-state index is 0.771. The molecule has 3 heteroatoms. The van der Waals surface area contributed by atoms with Gasteiger partial charge in [0.1, 0.15) is 0 Å². The molecule has 0 spiro atoms. The second kappa shape index (κ2) is 8.90. The summed E-state index contributed by atoms with van der Waals surface area (Å²) in [6.45, 7) is 9.87. The van der Waals surface area contributed by atoms with Gasteiger partial charge in [-0.05, 0) is 38.1 Å². The maximum atomic E-state index is 5.12. The highest BCUT2D eigenvalue weighted by Gasteiger charge is 2.17. The molecule has 0 heterocycles. The molecule has 1 fully saturated rings. The predicted molar refractivity (Wildman–Crippen MR) is 73.4 cm³/mol. The van der Waals surface area contributed by atoms with E-state index < -0.39 is 0 Å². The van der Waals surface area contributed by atoms with E-state index in [0.717, 1.165) is 44.7 Å². The third-order valence-electron chi connectivity index (χ3n) is 3.94. The Kier molecular flexibility index (Phi) is 7.82. The lowest BCUT2D eigenvalue weighted by Crippen LogP contribution is -2.39. The van der Waals surface area contributed by atoms with Gasteiger partial charge in [0.15, 0.2) is 0 Å². The van der Waals surface area contributed by atoms with Crippen LogP contribution in [0.2, 0.25) is 0 Å². The van der Waals surface area contributed by atoms with Crippen LogP contribution in [0.1, 0.15) is 39.5 Å². The van der Waals surface area contributed by atoms with Crippen LogP contribution in [0.3, 0.4) is 0 Å². The van der Waals surface area contributed by atoms with Crippen molar-refractivity contribution in [2.24, 2.45) is 5.92 Å². The first kappa shape index (κ1) is 14.9. The zero-order valence-electron chi connectivity index (χ0n) is 11.9. The average Bonchev–Trinajstić information content (AvgIpc) is 2.36. The van der Waals surface area contributed by atoms with E-state index in [4.69, 9.17) is 4.74 Å². The van der Waals surface area contributed by atoms with Crippen LogP contribution in [0, 0.1) is 5.92 Å². The normalized spacial score (nSPS) is 25.4. The molecule has 0 aromatic heterocycles. The Bertz CT molecular complexity index is 174. The van der Waals surface area contributed by atoms with E-state index in [9.17, 15) is 0 Å². The number of hydrogen-bond acceptors (Lipinski definition) is 3. The Hall–Kier alpha value is -0.120. The second-order valence-corrected chi connectivity index (χ2v) is 5.34. The molecule has 102 valence electrons. The molecule has 1 saturated carbocycles. The van der Waals surface area contributed by atoms with Crippen LogP contribution < -0.4 is 5.32 Å².